The second-order valence-corrected chi connectivity index (χ2v) is 6.29. The minimum absolute atomic E-state index is 0.441. The largest absolute Gasteiger partial charge is 0.387 e. The molecular weight excluding hydrogens is 286 g/mol. The van der Waals surface area contributed by atoms with Crippen LogP contribution in [0.1, 0.15) is 30.1 Å². The highest BCUT2D eigenvalue weighted by Gasteiger charge is 2.20. The van der Waals surface area contributed by atoms with Crippen molar-refractivity contribution in [3.05, 3.63) is 59.8 Å². The van der Waals surface area contributed by atoms with Crippen molar-refractivity contribution in [2.75, 3.05) is 24.5 Å². The molecule has 0 bridgehead atoms. The van der Waals surface area contributed by atoms with Crippen LogP contribution in [0, 0.1) is 6.92 Å². The summed E-state index contributed by atoms with van der Waals surface area (Å²) >= 11 is 0. The summed E-state index contributed by atoms with van der Waals surface area (Å²) in [5, 5.41) is 13.8. The molecule has 1 saturated heterocycles. The Bertz CT molecular complexity index is 609. The number of aliphatic hydroxyl groups excluding tert-OH is 1. The van der Waals surface area contributed by atoms with Crippen LogP contribution in [-0.4, -0.2) is 35.8 Å². The lowest BCUT2D eigenvalue weighted by atomic mass is 10.0. The summed E-state index contributed by atoms with van der Waals surface area (Å²) in [5.74, 6) is 1.06. The quantitative estimate of drug-likeness (QED) is 0.891. The summed E-state index contributed by atoms with van der Waals surface area (Å²) in [6.45, 7) is 4.68. The van der Waals surface area contributed by atoms with Gasteiger partial charge >= 0.3 is 0 Å². The van der Waals surface area contributed by atoms with Gasteiger partial charge in [0, 0.05) is 31.9 Å². The van der Waals surface area contributed by atoms with Gasteiger partial charge in [0.15, 0.2) is 0 Å². The molecule has 2 heterocycles. The topological polar surface area (TPSA) is 48.4 Å². The number of hydrogen-bond donors (Lipinski definition) is 2. The fourth-order valence-electron chi connectivity index (χ4n) is 3.13. The van der Waals surface area contributed by atoms with Gasteiger partial charge in [-0.2, -0.15) is 0 Å². The Morgan fingerprint density at radius 2 is 2.04 bits per heavy atom. The van der Waals surface area contributed by atoms with Crippen LogP contribution in [0.3, 0.4) is 0 Å². The van der Waals surface area contributed by atoms with Crippen LogP contribution in [0.15, 0.2) is 48.7 Å². The van der Waals surface area contributed by atoms with E-state index in [1.165, 1.54) is 5.56 Å². The third kappa shape index (κ3) is 4.30. The standard InChI is InChI=1S/C19H25N3O/c1-15-5-4-6-16(13-15)18(23)14-21-17-8-11-22(12-9-17)19-7-2-3-10-20-19/h2-7,10,13,17-18,21,23H,8-9,11-12,14H2,1H3. The Morgan fingerprint density at radius 1 is 1.22 bits per heavy atom. The molecule has 1 atom stereocenters. The van der Waals surface area contributed by atoms with Crippen LogP contribution in [0.5, 0.6) is 0 Å². The minimum Gasteiger partial charge on any atom is -0.387 e. The molecule has 0 aliphatic carbocycles. The second-order valence-electron chi connectivity index (χ2n) is 6.29. The van der Waals surface area contributed by atoms with Crippen molar-refractivity contribution in [1.29, 1.82) is 0 Å². The lowest BCUT2D eigenvalue weighted by Crippen LogP contribution is -2.43. The van der Waals surface area contributed by atoms with E-state index in [1.54, 1.807) is 0 Å². The molecule has 122 valence electrons. The highest BCUT2D eigenvalue weighted by molar-refractivity contribution is 5.38. The maximum atomic E-state index is 10.3. The average Bonchev–Trinajstić information content (AvgIpc) is 2.61. The fourth-order valence-corrected chi connectivity index (χ4v) is 3.13. The molecule has 1 aromatic heterocycles. The first kappa shape index (κ1) is 16.0. The molecular formula is C19H25N3O. The summed E-state index contributed by atoms with van der Waals surface area (Å²) < 4.78 is 0. The monoisotopic (exact) mass is 311 g/mol. The van der Waals surface area contributed by atoms with Crippen molar-refractivity contribution >= 4 is 5.82 Å². The Hall–Kier alpha value is -1.91. The average molecular weight is 311 g/mol. The molecule has 4 heteroatoms. The third-order valence-electron chi connectivity index (χ3n) is 4.50. The Morgan fingerprint density at radius 3 is 2.74 bits per heavy atom. The van der Waals surface area contributed by atoms with E-state index in [2.05, 4.69) is 40.3 Å². The van der Waals surface area contributed by atoms with E-state index < -0.39 is 6.10 Å². The number of benzene rings is 1. The summed E-state index contributed by atoms with van der Waals surface area (Å²) in [4.78, 5) is 6.74. The van der Waals surface area contributed by atoms with Crippen molar-refractivity contribution in [3.63, 3.8) is 0 Å². The first-order valence-electron chi connectivity index (χ1n) is 8.36. The van der Waals surface area contributed by atoms with Crippen LogP contribution >= 0.6 is 0 Å². The number of anilines is 1. The lowest BCUT2D eigenvalue weighted by molar-refractivity contribution is 0.167. The summed E-state index contributed by atoms with van der Waals surface area (Å²) in [6, 6.07) is 14.6. The van der Waals surface area contributed by atoms with Gasteiger partial charge in [-0.1, -0.05) is 35.9 Å². The number of aliphatic hydroxyl groups is 1. The Labute approximate surface area is 138 Å². The smallest absolute Gasteiger partial charge is 0.128 e. The van der Waals surface area contributed by atoms with Crippen molar-refractivity contribution < 1.29 is 5.11 Å². The molecule has 23 heavy (non-hydrogen) atoms. The minimum atomic E-state index is -0.441. The van der Waals surface area contributed by atoms with Gasteiger partial charge in [0.2, 0.25) is 0 Å². The zero-order chi connectivity index (χ0) is 16.1. The lowest BCUT2D eigenvalue weighted by Gasteiger charge is -2.33. The molecule has 3 rings (SSSR count). The number of hydrogen-bond acceptors (Lipinski definition) is 4. The maximum Gasteiger partial charge on any atom is 0.128 e. The van der Waals surface area contributed by atoms with Gasteiger partial charge in [-0.3, -0.25) is 0 Å². The molecule has 1 aromatic carbocycles. The predicted octanol–water partition coefficient (Wildman–Crippen LogP) is 2.68. The fraction of sp³-hybridized carbons (Fsp3) is 0.421. The Kier molecular flexibility index (Phi) is 5.26. The number of nitrogens with one attached hydrogen (secondary N) is 1. The van der Waals surface area contributed by atoms with E-state index in [0.29, 0.717) is 12.6 Å². The first-order chi connectivity index (χ1) is 11.2. The van der Waals surface area contributed by atoms with E-state index >= 15 is 0 Å². The van der Waals surface area contributed by atoms with E-state index in [4.69, 9.17) is 0 Å². The molecule has 2 N–H and O–H groups in total. The summed E-state index contributed by atoms with van der Waals surface area (Å²) in [6.07, 6.45) is 3.57. The first-order valence-corrected chi connectivity index (χ1v) is 8.36. The predicted molar refractivity (Wildman–Crippen MR) is 93.6 cm³/mol. The zero-order valence-corrected chi connectivity index (χ0v) is 13.7. The van der Waals surface area contributed by atoms with Crippen LogP contribution < -0.4 is 10.2 Å². The van der Waals surface area contributed by atoms with Gasteiger partial charge in [-0.05, 0) is 37.5 Å². The van der Waals surface area contributed by atoms with Crippen molar-refractivity contribution in [2.45, 2.75) is 31.9 Å². The van der Waals surface area contributed by atoms with Crippen LogP contribution in [0.25, 0.3) is 0 Å². The molecule has 1 aliphatic heterocycles. The van der Waals surface area contributed by atoms with Crippen molar-refractivity contribution in [3.8, 4) is 0 Å². The number of pyridine rings is 1. The van der Waals surface area contributed by atoms with Gasteiger partial charge in [-0.25, -0.2) is 4.98 Å². The third-order valence-corrected chi connectivity index (χ3v) is 4.50. The van der Waals surface area contributed by atoms with Gasteiger partial charge in [-0.15, -0.1) is 0 Å². The molecule has 1 unspecified atom stereocenters. The van der Waals surface area contributed by atoms with Crippen molar-refractivity contribution in [1.82, 2.24) is 10.3 Å². The second kappa shape index (κ2) is 7.57. The molecule has 0 radical (unpaired) electrons. The highest BCUT2D eigenvalue weighted by atomic mass is 16.3. The van der Waals surface area contributed by atoms with Crippen LogP contribution in [0.2, 0.25) is 0 Å². The van der Waals surface area contributed by atoms with Gasteiger partial charge in [0.25, 0.3) is 0 Å². The van der Waals surface area contributed by atoms with Crippen molar-refractivity contribution in [2.24, 2.45) is 0 Å². The normalized spacial score (nSPS) is 17.2. The van der Waals surface area contributed by atoms with Crippen LogP contribution in [-0.2, 0) is 0 Å². The summed E-state index contributed by atoms with van der Waals surface area (Å²) in [5.41, 5.74) is 2.17. The van der Waals surface area contributed by atoms with Gasteiger partial charge < -0.3 is 15.3 Å². The van der Waals surface area contributed by atoms with Crippen LogP contribution in [0.4, 0.5) is 5.82 Å². The van der Waals surface area contributed by atoms with Gasteiger partial charge in [0.05, 0.1) is 6.10 Å². The number of nitrogens with zero attached hydrogens (tertiary/aromatic N) is 2. The van der Waals surface area contributed by atoms with E-state index in [1.807, 2.05) is 30.5 Å². The summed E-state index contributed by atoms with van der Waals surface area (Å²) in [7, 11) is 0. The van der Waals surface area contributed by atoms with Gasteiger partial charge in [0.1, 0.15) is 5.82 Å². The molecule has 4 nitrogen and oxygen atoms in total. The number of rotatable bonds is 5. The maximum absolute atomic E-state index is 10.3. The van der Waals surface area contributed by atoms with E-state index in [9.17, 15) is 5.11 Å². The highest BCUT2D eigenvalue weighted by Crippen LogP contribution is 2.18. The molecule has 0 saturated carbocycles. The Balaban J connectivity index is 1.46. The number of aryl methyl sites for hydroxylation is 1. The van der Waals surface area contributed by atoms with E-state index in [-0.39, 0.29) is 0 Å². The molecule has 0 amide bonds. The van der Waals surface area contributed by atoms with E-state index in [0.717, 1.165) is 37.3 Å². The zero-order valence-electron chi connectivity index (χ0n) is 13.7. The SMILES string of the molecule is Cc1cccc(C(O)CNC2CCN(c3ccccn3)CC2)c1. The number of piperidine rings is 1. The molecule has 2 aromatic rings. The number of aromatic nitrogens is 1. The molecule has 0 spiro atoms. The molecule has 1 fully saturated rings. The molecule has 1 aliphatic rings.